The van der Waals surface area contributed by atoms with Crippen molar-refractivity contribution in [2.45, 2.75) is 20.0 Å². The summed E-state index contributed by atoms with van der Waals surface area (Å²) in [4.78, 5) is 20.3. The van der Waals surface area contributed by atoms with E-state index in [-0.39, 0.29) is 5.56 Å². The van der Waals surface area contributed by atoms with Gasteiger partial charge in [-0.05, 0) is 30.0 Å². The van der Waals surface area contributed by atoms with Gasteiger partial charge in [0.15, 0.2) is 0 Å². The zero-order valence-electron chi connectivity index (χ0n) is 12.9. The molecule has 118 valence electrons. The van der Waals surface area contributed by atoms with Crippen LogP contribution in [0.4, 0.5) is 0 Å². The number of ether oxygens (including phenoxy) is 1. The lowest BCUT2D eigenvalue weighted by Crippen LogP contribution is -2.10. The van der Waals surface area contributed by atoms with Gasteiger partial charge in [-0.3, -0.25) is 9.48 Å². The van der Waals surface area contributed by atoms with Gasteiger partial charge in [-0.2, -0.15) is 5.10 Å². The van der Waals surface area contributed by atoms with E-state index >= 15 is 0 Å². The first-order chi connectivity index (χ1) is 11.1. The van der Waals surface area contributed by atoms with E-state index in [1.165, 1.54) is 11.3 Å². The van der Waals surface area contributed by atoms with Crippen molar-refractivity contribution >= 4 is 33.2 Å². The Bertz CT molecular complexity index is 980. The monoisotopic (exact) mass is 328 g/mol. The predicted octanol–water partition coefficient (Wildman–Crippen LogP) is 2.35. The van der Waals surface area contributed by atoms with Crippen LogP contribution in [0.5, 0.6) is 0 Å². The summed E-state index contributed by atoms with van der Waals surface area (Å²) >= 11 is 1.47. The molecular formula is C16H16N4O2S. The van der Waals surface area contributed by atoms with Gasteiger partial charge in [-0.1, -0.05) is 0 Å². The SMILES string of the molecule is CC(=Cc1c2c(nn1C)CCOC2)c1nc2sccc2c(=O)[nH]1. The Morgan fingerprint density at radius 2 is 2.39 bits per heavy atom. The van der Waals surface area contributed by atoms with Crippen LogP contribution in [-0.4, -0.2) is 26.4 Å². The van der Waals surface area contributed by atoms with E-state index in [9.17, 15) is 4.79 Å². The number of H-pyrrole nitrogens is 1. The fourth-order valence-electron chi connectivity index (χ4n) is 2.85. The molecule has 3 aromatic heterocycles. The summed E-state index contributed by atoms with van der Waals surface area (Å²) in [7, 11) is 1.93. The second-order valence-electron chi connectivity index (χ2n) is 5.62. The van der Waals surface area contributed by atoms with Gasteiger partial charge in [-0.25, -0.2) is 4.98 Å². The smallest absolute Gasteiger partial charge is 0.259 e. The third kappa shape index (κ3) is 2.42. The topological polar surface area (TPSA) is 72.8 Å². The third-order valence-electron chi connectivity index (χ3n) is 4.07. The quantitative estimate of drug-likeness (QED) is 0.784. The summed E-state index contributed by atoms with van der Waals surface area (Å²) < 4.78 is 7.41. The lowest BCUT2D eigenvalue weighted by Gasteiger charge is -2.11. The lowest BCUT2D eigenvalue weighted by atomic mass is 10.1. The summed E-state index contributed by atoms with van der Waals surface area (Å²) in [5, 5.41) is 7.08. The molecular weight excluding hydrogens is 312 g/mol. The van der Waals surface area contributed by atoms with E-state index in [4.69, 9.17) is 4.74 Å². The standard InChI is InChI=1S/C16H16N4O2S/c1-9(14-17-15(21)10-4-6-23-16(10)18-14)7-13-11-8-22-5-3-12(11)19-20(13)2/h4,6-7H,3,5,8H2,1-2H3,(H,17,18,21). The van der Waals surface area contributed by atoms with E-state index in [0.29, 0.717) is 17.8 Å². The zero-order chi connectivity index (χ0) is 16.0. The summed E-state index contributed by atoms with van der Waals surface area (Å²) in [5.74, 6) is 0.594. The van der Waals surface area contributed by atoms with Gasteiger partial charge in [0, 0.05) is 19.0 Å². The molecule has 0 unspecified atom stereocenters. The van der Waals surface area contributed by atoms with Gasteiger partial charge in [0.1, 0.15) is 10.7 Å². The molecule has 3 aromatic rings. The van der Waals surface area contributed by atoms with Crippen molar-refractivity contribution in [1.82, 2.24) is 19.7 Å². The first-order valence-corrected chi connectivity index (χ1v) is 8.30. The van der Waals surface area contributed by atoms with E-state index in [0.717, 1.165) is 40.4 Å². The van der Waals surface area contributed by atoms with Gasteiger partial charge in [0.25, 0.3) is 5.56 Å². The average molecular weight is 328 g/mol. The molecule has 1 aliphatic rings. The molecule has 4 rings (SSSR count). The molecule has 0 spiro atoms. The van der Waals surface area contributed by atoms with Gasteiger partial charge < -0.3 is 9.72 Å². The number of hydrogen-bond donors (Lipinski definition) is 1. The Morgan fingerprint density at radius 1 is 1.52 bits per heavy atom. The zero-order valence-corrected chi connectivity index (χ0v) is 13.7. The molecule has 0 amide bonds. The van der Waals surface area contributed by atoms with Crippen LogP contribution in [0.25, 0.3) is 21.9 Å². The summed E-state index contributed by atoms with van der Waals surface area (Å²) in [6.07, 6.45) is 2.85. The maximum atomic E-state index is 12.1. The van der Waals surface area contributed by atoms with Crippen molar-refractivity contribution in [3.05, 3.63) is 44.6 Å². The Morgan fingerprint density at radius 3 is 3.26 bits per heavy atom. The molecule has 0 fully saturated rings. The highest BCUT2D eigenvalue weighted by Crippen LogP contribution is 2.24. The molecule has 0 aromatic carbocycles. The van der Waals surface area contributed by atoms with E-state index in [1.54, 1.807) is 6.07 Å². The first-order valence-electron chi connectivity index (χ1n) is 7.42. The second kappa shape index (κ2) is 5.43. The average Bonchev–Trinajstić information content (AvgIpc) is 3.13. The minimum absolute atomic E-state index is 0.102. The van der Waals surface area contributed by atoms with Crippen molar-refractivity contribution < 1.29 is 4.74 Å². The number of fused-ring (bicyclic) bond motifs is 2. The van der Waals surface area contributed by atoms with Crippen LogP contribution in [0.2, 0.25) is 0 Å². The van der Waals surface area contributed by atoms with Crippen molar-refractivity contribution in [3.63, 3.8) is 0 Å². The van der Waals surface area contributed by atoms with Gasteiger partial charge in [0.2, 0.25) is 0 Å². The second-order valence-corrected chi connectivity index (χ2v) is 6.51. The normalized spacial score (nSPS) is 15.1. The Kier molecular flexibility index (Phi) is 3.39. The molecule has 0 saturated heterocycles. The molecule has 23 heavy (non-hydrogen) atoms. The van der Waals surface area contributed by atoms with Crippen LogP contribution >= 0.6 is 11.3 Å². The Labute approximate surface area is 136 Å². The Balaban J connectivity index is 1.81. The molecule has 4 heterocycles. The molecule has 0 saturated carbocycles. The number of allylic oxidation sites excluding steroid dienone is 1. The molecule has 1 aliphatic heterocycles. The van der Waals surface area contributed by atoms with E-state index in [1.807, 2.05) is 30.1 Å². The van der Waals surface area contributed by atoms with Crippen molar-refractivity contribution in [3.8, 4) is 0 Å². The van der Waals surface area contributed by atoms with Crippen LogP contribution in [-0.2, 0) is 24.8 Å². The van der Waals surface area contributed by atoms with Crippen LogP contribution in [0.15, 0.2) is 16.2 Å². The molecule has 1 N–H and O–H groups in total. The van der Waals surface area contributed by atoms with Crippen LogP contribution < -0.4 is 5.56 Å². The number of aromatic amines is 1. The van der Waals surface area contributed by atoms with Crippen LogP contribution in [0.3, 0.4) is 0 Å². The minimum atomic E-state index is -0.102. The fraction of sp³-hybridized carbons (Fsp3) is 0.312. The predicted molar refractivity (Wildman–Crippen MR) is 90.4 cm³/mol. The minimum Gasteiger partial charge on any atom is -0.376 e. The number of rotatable bonds is 2. The summed E-state index contributed by atoms with van der Waals surface area (Å²) in [5.41, 5.74) is 4.01. The lowest BCUT2D eigenvalue weighted by molar-refractivity contribution is 0.110. The fourth-order valence-corrected chi connectivity index (χ4v) is 3.61. The third-order valence-corrected chi connectivity index (χ3v) is 4.87. The molecule has 0 aliphatic carbocycles. The van der Waals surface area contributed by atoms with Crippen molar-refractivity contribution in [2.24, 2.45) is 7.05 Å². The maximum absolute atomic E-state index is 12.1. The highest BCUT2D eigenvalue weighted by molar-refractivity contribution is 7.16. The van der Waals surface area contributed by atoms with E-state index < -0.39 is 0 Å². The molecule has 7 heteroatoms. The molecule has 0 radical (unpaired) electrons. The van der Waals surface area contributed by atoms with Crippen LogP contribution in [0.1, 0.15) is 29.7 Å². The number of hydrogen-bond acceptors (Lipinski definition) is 5. The van der Waals surface area contributed by atoms with Gasteiger partial charge in [-0.15, -0.1) is 11.3 Å². The van der Waals surface area contributed by atoms with E-state index in [2.05, 4.69) is 15.1 Å². The largest absolute Gasteiger partial charge is 0.376 e. The molecule has 0 atom stereocenters. The number of nitrogens with one attached hydrogen (secondary N) is 1. The highest BCUT2D eigenvalue weighted by atomic mass is 32.1. The van der Waals surface area contributed by atoms with Gasteiger partial charge >= 0.3 is 0 Å². The number of nitrogens with zero attached hydrogens (tertiary/aromatic N) is 3. The number of aromatic nitrogens is 4. The summed E-state index contributed by atoms with van der Waals surface area (Å²) in [6, 6.07) is 1.80. The van der Waals surface area contributed by atoms with Crippen molar-refractivity contribution in [2.75, 3.05) is 6.61 Å². The maximum Gasteiger partial charge on any atom is 0.259 e. The highest BCUT2D eigenvalue weighted by Gasteiger charge is 2.19. The number of aryl methyl sites for hydroxylation is 1. The number of thiophene rings is 1. The molecule has 0 bridgehead atoms. The van der Waals surface area contributed by atoms with Crippen molar-refractivity contribution in [1.29, 1.82) is 0 Å². The molecule has 6 nitrogen and oxygen atoms in total. The first kappa shape index (κ1) is 14.3. The van der Waals surface area contributed by atoms with Gasteiger partial charge in [0.05, 0.1) is 30.0 Å². The summed E-state index contributed by atoms with van der Waals surface area (Å²) in [6.45, 7) is 3.24. The van der Waals surface area contributed by atoms with Crippen LogP contribution in [0, 0.1) is 0 Å². The Hall–Kier alpha value is -2.25.